The van der Waals surface area contributed by atoms with Crippen molar-refractivity contribution in [1.82, 2.24) is 10.2 Å². The van der Waals surface area contributed by atoms with E-state index in [0.717, 1.165) is 38.3 Å². The lowest BCUT2D eigenvalue weighted by molar-refractivity contribution is -0.132. The van der Waals surface area contributed by atoms with Gasteiger partial charge in [0, 0.05) is 26.1 Å². The molecule has 1 aliphatic carbocycles. The second kappa shape index (κ2) is 6.45. The van der Waals surface area contributed by atoms with Crippen molar-refractivity contribution < 1.29 is 4.79 Å². The molecular formula is C12H23ClN2O. The summed E-state index contributed by atoms with van der Waals surface area (Å²) in [5.74, 6) is 1.19. The maximum atomic E-state index is 11.9. The predicted octanol–water partition coefficient (Wildman–Crippen LogP) is 1.81. The fourth-order valence-corrected chi connectivity index (χ4v) is 2.46. The molecule has 94 valence electrons. The second-order valence-electron chi connectivity index (χ2n) is 4.99. The first kappa shape index (κ1) is 13.8. The van der Waals surface area contributed by atoms with Crippen LogP contribution in [0.5, 0.6) is 0 Å². The van der Waals surface area contributed by atoms with Crippen LogP contribution in [0.1, 0.15) is 38.5 Å². The molecule has 0 bridgehead atoms. The average molecular weight is 247 g/mol. The Morgan fingerprint density at radius 1 is 1.38 bits per heavy atom. The van der Waals surface area contributed by atoms with E-state index in [0.29, 0.717) is 11.9 Å². The van der Waals surface area contributed by atoms with Gasteiger partial charge in [-0.3, -0.25) is 4.79 Å². The molecule has 1 N–H and O–H groups in total. The van der Waals surface area contributed by atoms with E-state index in [-0.39, 0.29) is 12.4 Å². The van der Waals surface area contributed by atoms with Crippen molar-refractivity contribution in [3.05, 3.63) is 0 Å². The van der Waals surface area contributed by atoms with E-state index in [4.69, 9.17) is 0 Å². The molecule has 1 atom stereocenters. The van der Waals surface area contributed by atoms with Crippen molar-refractivity contribution in [2.45, 2.75) is 44.6 Å². The average Bonchev–Trinajstić information content (AvgIpc) is 2.66. The molecule has 2 fully saturated rings. The number of carbonyl (C=O) groups is 1. The van der Waals surface area contributed by atoms with Gasteiger partial charge in [-0.1, -0.05) is 19.3 Å². The molecule has 0 aromatic heterocycles. The number of hydrogen-bond acceptors (Lipinski definition) is 2. The van der Waals surface area contributed by atoms with E-state index >= 15 is 0 Å². The van der Waals surface area contributed by atoms with Gasteiger partial charge in [0.25, 0.3) is 0 Å². The Hall–Kier alpha value is -0.280. The highest BCUT2D eigenvalue weighted by atomic mass is 35.5. The summed E-state index contributed by atoms with van der Waals surface area (Å²) in [6.45, 7) is 2.04. The Morgan fingerprint density at radius 3 is 2.62 bits per heavy atom. The zero-order chi connectivity index (χ0) is 10.7. The molecule has 0 aromatic rings. The zero-order valence-corrected chi connectivity index (χ0v) is 10.9. The summed E-state index contributed by atoms with van der Waals surface area (Å²) in [5.41, 5.74) is 0. The van der Waals surface area contributed by atoms with Crippen LogP contribution in [0.25, 0.3) is 0 Å². The first-order chi connectivity index (χ1) is 7.27. The smallest absolute Gasteiger partial charge is 0.222 e. The van der Waals surface area contributed by atoms with Gasteiger partial charge in [0.15, 0.2) is 0 Å². The van der Waals surface area contributed by atoms with Crippen LogP contribution in [0.3, 0.4) is 0 Å². The third-order valence-corrected chi connectivity index (χ3v) is 3.97. The number of hydrogen-bond donors (Lipinski definition) is 1. The van der Waals surface area contributed by atoms with Crippen molar-refractivity contribution in [2.75, 3.05) is 20.1 Å². The Bertz CT molecular complexity index is 225. The van der Waals surface area contributed by atoms with Crippen molar-refractivity contribution in [3.63, 3.8) is 0 Å². The summed E-state index contributed by atoms with van der Waals surface area (Å²) in [7, 11) is 1.96. The molecular weight excluding hydrogens is 224 g/mol. The number of halogens is 1. The number of amides is 1. The van der Waals surface area contributed by atoms with Gasteiger partial charge in [-0.2, -0.15) is 0 Å². The number of rotatable bonds is 4. The monoisotopic (exact) mass is 246 g/mol. The molecule has 0 spiro atoms. The number of nitrogens with zero attached hydrogens (tertiary/aromatic N) is 1. The zero-order valence-electron chi connectivity index (χ0n) is 10.1. The van der Waals surface area contributed by atoms with E-state index in [2.05, 4.69) is 5.32 Å². The van der Waals surface area contributed by atoms with Crippen LogP contribution in [-0.2, 0) is 4.79 Å². The molecule has 1 aliphatic heterocycles. The summed E-state index contributed by atoms with van der Waals surface area (Å²) in [5, 5.41) is 3.30. The van der Waals surface area contributed by atoms with Gasteiger partial charge in [0.1, 0.15) is 0 Å². The van der Waals surface area contributed by atoms with E-state index in [1.54, 1.807) is 0 Å². The van der Waals surface area contributed by atoms with Crippen LogP contribution in [0.15, 0.2) is 0 Å². The second-order valence-corrected chi connectivity index (χ2v) is 4.99. The predicted molar refractivity (Wildman–Crippen MR) is 67.9 cm³/mol. The number of likely N-dealkylation sites (N-methyl/N-ethyl adjacent to an activating group) is 1. The maximum Gasteiger partial charge on any atom is 0.222 e. The summed E-state index contributed by atoms with van der Waals surface area (Å²) in [6, 6.07) is 0.443. The summed E-state index contributed by atoms with van der Waals surface area (Å²) >= 11 is 0. The number of nitrogens with one attached hydrogen (secondary N) is 1. The van der Waals surface area contributed by atoms with Gasteiger partial charge in [-0.15, -0.1) is 12.4 Å². The molecule has 3 nitrogen and oxygen atoms in total. The van der Waals surface area contributed by atoms with Gasteiger partial charge < -0.3 is 10.2 Å². The lowest BCUT2D eigenvalue weighted by Gasteiger charge is -2.28. The van der Waals surface area contributed by atoms with Crippen LogP contribution in [0, 0.1) is 5.92 Å². The van der Waals surface area contributed by atoms with Gasteiger partial charge in [0.05, 0.1) is 0 Å². The van der Waals surface area contributed by atoms with Crippen molar-refractivity contribution in [3.8, 4) is 0 Å². The number of carbonyl (C=O) groups excluding carboxylic acids is 1. The highest BCUT2D eigenvalue weighted by Crippen LogP contribution is 2.30. The normalized spacial score (nSPS) is 24.7. The van der Waals surface area contributed by atoms with Gasteiger partial charge in [-0.25, -0.2) is 0 Å². The van der Waals surface area contributed by atoms with Crippen LogP contribution < -0.4 is 5.32 Å². The van der Waals surface area contributed by atoms with Crippen LogP contribution >= 0.6 is 12.4 Å². The minimum absolute atomic E-state index is 0. The Labute approximate surface area is 104 Å². The molecule has 1 saturated carbocycles. The molecule has 16 heavy (non-hydrogen) atoms. The van der Waals surface area contributed by atoms with Gasteiger partial charge in [-0.05, 0) is 25.3 Å². The molecule has 4 heteroatoms. The fraction of sp³-hybridized carbons (Fsp3) is 0.917. The summed E-state index contributed by atoms with van der Waals surface area (Å²) in [6.07, 6.45) is 7.07. The Balaban J connectivity index is 0.00000128. The Kier molecular flexibility index (Phi) is 5.56. The topological polar surface area (TPSA) is 32.3 Å². The summed E-state index contributed by atoms with van der Waals surface area (Å²) in [4.78, 5) is 13.8. The van der Waals surface area contributed by atoms with Crippen LogP contribution in [-0.4, -0.2) is 37.0 Å². The van der Waals surface area contributed by atoms with Crippen LogP contribution in [0.4, 0.5) is 0 Å². The van der Waals surface area contributed by atoms with Crippen molar-refractivity contribution in [1.29, 1.82) is 0 Å². The Morgan fingerprint density at radius 2 is 2.12 bits per heavy atom. The lowest BCUT2D eigenvalue weighted by Crippen LogP contribution is -2.38. The minimum Gasteiger partial charge on any atom is -0.341 e. The SMILES string of the molecule is CN(C(=O)CCC1CCC1)C1CCNC1.Cl. The first-order valence-corrected chi connectivity index (χ1v) is 6.24. The molecule has 1 heterocycles. The van der Waals surface area contributed by atoms with E-state index in [9.17, 15) is 4.79 Å². The molecule has 1 unspecified atom stereocenters. The molecule has 2 aliphatic rings. The van der Waals surface area contributed by atoms with Crippen LogP contribution in [0.2, 0.25) is 0 Å². The molecule has 0 radical (unpaired) electrons. The standard InChI is InChI=1S/C12H22N2O.ClH/c1-14(11-7-8-13-9-11)12(15)6-5-10-3-2-4-10;/h10-11,13H,2-9H2,1H3;1H. The summed E-state index contributed by atoms with van der Waals surface area (Å²) < 4.78 is 0. The van der Waals surface area contributed by atoms with E-state index < -0.39 is 0 Å². The van der Waals surface area contributed by atoms with Crippen molar-refractivity contribution >= 4 is 18.3 Å². The fourth-order valence-electron chi connectivity index (χ4n) is 2.46. The van der Waals surface area contributed by atoms with E-state index in [1.165, 1.54) is 19.3 Å². The maximum absolute atomic E-state index is 11.9. The largest absolute Gasteiger partial charge is 0.341 e. The minimum atomic E-state index is 0. The van der Waals surface area contributed by atoms with Crippen molar-refractivity contribution in [2.24, 2.45) is 5.92 Å². The highest BCUT2D eigenvalue weighted by molar-refractivity contribution is 5.85. The van der Waals surface area contributed by atoms with E-state index in [1.807, 2.05) is 11.9 Å². The third-order valence-electron chi connectivity index (χ3n) is 3.97. The molecule has 1 saturated heterocycles. The first-order valence-electron chi connectivity index (χ1n) is 6.24. The lowest BCUT2D eigenvalue weighted by atomic mass is 9.82. The van der Waals surface area contributed by atoms with Gasteiger partial charge >= 0.3 is 0 Å². The highest BCUT2D eigenvalue weighted by Gasteiger charge is 2.24. The molecule has 2 rings (SSSR count). The third kappa shape index (κ3) is 3.36. The quantitative estimate of drug-likeness (QED) is 0.821. The molecule has 0 aromatic carbocycles. The van der Waals surface area contributed by atoms with Gasteiger partial charge in [0.2, 0.25) is 5.91 Å². The molecule has 1 amide bonds.